The number of hydrogen-bond donors (Lipinski definition) is 0. The largest absolute Gasteiger partial charge is 0.468 e. The van der Waals surface area contributed by atoms with E-state index in [4.69, 9.17) is 4.74 Å². The van der Waals surface area contributed by atoms with E-state index in [1.807, 2.05) is 0 Å². The second-order valence-electron chi connectivity index (χ2n) is 5.51. The number of benzene rings is 2. The van der Waals surface area contributed by atoms with Gasteiger partial charge in [-0.1, -0.05) is 40.2 Å². The number of carbonyl (C=O) groups is 3. The molecular weight excluding hydrogens is 393 g/mol. The van der Waals surface area contributed by atoms with Crippen molar-refractivity contribution in [2.45, 2.75) is 12.5 Å². The summed E-state index contributed by atoms with van der Waals surface area (Å²) in [6, 6.07) is 10.7. The van der Waals surface area contributed by atoms with Gasteiger partial charge in [0.05, 0.1) is 13.7 Å². The van der Waals surface area contributed by atoms with Crippen molar-refractivity contribution in [3.63, 3.8) is 0 Å². The van der Waals surface area contributed by atoms with Crippen molar-refractivity contribution in [2.24, 2.45) is 0 Å². The smallest absolute Gasteiger partial charge is 0.322 e. The predicted octanol–water partition coefficient (Wildman–Crippen LogP) is 3.03. The fraction of sp³-hybridized carbons (Fsp3) is 0.167. The van der Waals surface area contributed by atoms with Gasteiger partial charge in [-0.15, -0.1) is 0 Å². The van der Waals surface area contributed by atoms with E-state index >= 15 is 0 Å². The third kappa shape index (κ3) is 3.07. The van der Waals surface area contributed by atoms with Crippen LogP contribution in [0.4, 0.5) is 4.39 Å². The van der Waals surface area contributed by atoms with E-state index < -0.39 is 29.5 Å². The summed E-state index contributed by atoms with van der Waals surface area (Å²) >= 11 is 3.16. The number of ether oxygens (including phenoxy) is 1. The SMILES string of the molecule is COC(=O)C1C(=O)N(Cc2ccc(Br)cc2F)C(=O)c2ccccc21. The molecular formula is C18H13BrFNO4. The molecule has 3 rings (SSSR count). The molecule has 0 bridgehead atoms. The minimum absolute atomic E-state index is 0.174. The highest BCUT2D eigenvalue weighted by atomic mass is 79.9. The molecule has 0 saturated carbocycles. The first-order valence-electron chi connectivity index (χ1n) is 7.40. The van der Waals surface area contributed by atoms with Crippen molar-refractivity contribution in [1.82, 2.24) is 4.90 Å². The number of halogens is 2. The number of rotatable bonds is 3. The van der Waals surface area contributed by atoms with Gasteiger partial charge in [0, 0.05) is 15.6 Å². The Morgan fingerprint density at radius 2 is 1.96 bits per heavy atom. The quantitative estimate of drug-likeness (QED) is 0.447. The highest BCUT2D eigenvalue weighted by molar-refractivity contribution is 9.10. The van der Waals surface area contributed by atoms with Gasteiger partial charge in [-0.2, -0.15) is 0 Å². The van der Waals surface area contributed by atoms with E-state index in [-0.39, 0.29) is 17.7 Å². The lowest BCUT2D eigenvalue weighted by Crippen LogP contribution is -2.46. The van der Waals surface area contributed by atoms with Gasteiger partial charge < -0.3 is 4.74 Å². The normalized spacial score (nSPS) is 16.6. The van der Waals surface area contributed by atoms with Gasteiger partial charge >= 0.3 is 5.97 Å². The first-order chi connectivity index (χ1) is 11.9. The molecule has 2 aromatic carbocycles. The van der Waals surface area contributed by atoms with Crippen molar-refractivity contribution in [3.05, 3.63) is 69.4 Å². The number of nitrogens with zero attached hydrogens (tertiary/aromatic N) is 1. The molecule has 2 aromatic rings. The van der Waals surface area contributed by atoms with Crippen molar-refractivity contribution in [2.75, 3.05) is 7.11 Å². The van der Waals surface area contributed by atoms with Crippen LogP contribution in [0.3, 0.4) is 0 Å². The Balaban J connectivity index is 2.04. The fourth-order valence-electron chi connectivity index (χ4n) is 2.79. The number of esters is 1. The maximum atomic E-state index is 14.1. The molecule has 5 nitrogen and oxygen atoms in total. The lowest BCUT2D eigenvalue weighted by atomic mass is 9.88. The molecule has 0 fully saturated rings. The zero-order chi connectivity index (χ0) is 18.1. The molecule has 0 aromatic heterocycles. The van der Waals surface area contributed by atoms with Gasteiger partial charge in [0.15, 0.2) is 5.92 Å². The number of hydrogen-bond acceptors (Lipinski definition) is 4. The summed E-state index contributed by atoms with van der Waals surface area (Å²) in [5.41, 5.74) is 0.708. The Kier molecular flexibility index (Phi) is 4.67. The fourth-order valence-corrected chi connectivity index (χ4v) is 3.13. The Morgan fingerprint density at radius 3 is 2.64 bits per heavy atom. The Morgan fingerprint density at radius 1 is 1.24 bits per heavy atom. The van der Waals surface area contributed by atoms with Crippen molar-refractivity contribution in [3.8, 4) is 0 Å². The van der Waals surface area contributed by atoms with Crippen LogP contribution in [-0.4, -0.2) is 29.8 Å². The number of imide groups is 1. The summed E-state index contributed by atoms with van der Waals surface area (Å²) in [6.07, 6.45) is 0. The van der Waals surface area contributed by atoms with Gasteiger partial charge in [-0.3, -0.25) is 19.3 Å². The van der Waals surface area contributed by atoms with Crippen LogP contribution in [0, 0.1) is 5.82 Å². The molecule has 0 aliphatic carbocycles. The van der Waals surface area contributed by atoms with Gasteiger partial charge in [-0.05, 0) is 23.8 Å². The third-order valence-corrected chi connectivity index (χ3v) is 4.53. The van der Waals surface area contributed by atoms with Gasteiger partial charge in [0.2, 0.25) is 5.91 Å². The molecule has 128 valence electrons. The molecule has 0 spiro atoms. The first kappa shape index (κ1) is 17.3. The zero-order valence-corrected chi connectivity index (χ0v) is 14.7. The lowest BCUT2D eigenvalue weighted by Gasteiger charge is -2.31. The van der Waals surface area contributed by atoms with E-state index in [9.17, 15) is 18.8 Å². The van der Waals surface area contributed by atoms with Crippen molar-refractivity contribution < 1.29 is 23.5 Å². The molecule has 0 saturated heterocycles. The minimum Gasteiger partial charge on any atom is -0.468 e. The van der Waals surface area contributed by atoms with E-state index in [0.717, 1.165) is 4.90 Å². The molecule has 25 heavy (non-hydrogen) atoms. The maximum Gasteiger partial charge on any atom is 0.322 e. The summed E-state index contributed by atoms with van der Waals surface area (Å²) in [4.78, 5) is 38.4. The van der Waals surface area contributed by atoms with Crippen LogP contribution in [-0.2, 0) is 20.9 Å². The zero-order valence-electron chi connectivity index (χ0n) is 13.2. The molecule has 7 heteroatoms. The predicted molar refractivity (Wildman–Crippen MR) is 90.2 cm³/mol. The Labute approximate surface area is 151 Å². The maximum absolute atomic E-state index is 14.1. The van der Waals surface area contributed by atoms with Gasteiger partial charge in [0.1, 0.15) is 5.82 Å². The summed E-state index contributed by atoms with van der Waals surface area (Å²) in [5.74, 6) is -3.84. The Bertz CT molecular complexity index is 883. The molecule has 1 unspecified atom stereocenters. The highest BCUT2D eigenvalue weighted by Gasteiger charge is 2.43. The van der Waals surface area contributed by atoms with Gasteiger partial charge in [-0.25, -0.2) is 4.39 Å². The number of methoxy groups -OCH3 is 1. The molecule has 0 radical (unpaired) electrons. The van der Waals surface area contributed by atoms with Crippen LogP contribution >= 0.6 is 15.9 Å². The van der Waals surface area contributed by atoms with Crippen molar-refractivity contribution >= 4 is 33.7 Å². The van der Waals surface area contributed by atoms with Gasteiger partial charge in [0.25, 0.3) is 5.91 Å². The molecule has 1 heterocycles. The lowest BCUT2D eigenvalue weighted by molar-refractivity contribution is -0.149. The van der Waals surface area contributed by atoms with Crippen LogP contribution in [0.2, 0.25) is 0 Å². The van der Waals surface area contributed by atoms with Crippen LogP contribution < -0.4 is 0 Å². The van der Waals surface area contributed by atoms with Crippen LogP contribution in [0.5, 0.6) is 0 Å². The second kappa shape index (κ2) is 6.76. The number of fused-ring (bicyclic) bond motifs is 1. The molecule has 0 N–H and O–H groups in total. The first-order valence-corrected chi connectivity index (χ1v) is 8.19. The Hall–Kier alpha value is -2.54. The van der Waals surface area contributed by atoms with E-state index in [1.165, 1.54) is 25.3 Å². The van der Waals surface area contributed by atoms with E-state index in [0.29, 0.717) is 10.0 Å². The monoisotopic (exact) mass is 405 g/mol. The summed E-state index contributed by atoms with van der Waals surface area (Å²) in [5, 5.41) is 0. The molecule has 1 aliphatic rings. The summed E-state index contributed by atoms with van der Waals surface area (Å²) in [7, 11) is 1.17. The average Bonchev–Trinajstić information content (AvgIpc) is 2.60. The van der Waals surface area contributed by atoms with E-state index in [1.54, 1.807) is 24.3 Å². The van der Waals surface area contributed by atoms with Crippen molar-refractivity contribution in [1.29, 1.82) is 0 Å². The van der Waals surface area contributed by atoms with Crippen LogP contribution in [0.1, 0.15) is 27.4 Å². The standard InChI is InChI=1S/C18H13BrFNO4/c1-25-18(24)15-12-4-2-3-5-13(12)16(22)21(17(15)23)9-10-6-7-11(19)8-14(10)20/h2-8,15H,9H2,1H3. The number of carbonyl (C=O) groups excluding carboxylic acids is 3. The highest BCUT2D eigenvalue weighted by Crippen LogP contribution is 2.31. The summed E-state index contributed by atoms with van der Waals surface area (Å²) < 4.78 is 19.4. The molecule has 1 aliphatic heterocycles. The van der Waals surface area contributed by atoms with E-state index in [2.05, 4.69) is 15.9 Å². The second-order valence-corrected chi connectivity index (χ2v) is 6.42. The molecule has 1 atom stereocenters. The average molecular weight is 406 g/mol. The molecule has 2 amide bonds. The summed E-state index contributed by atoms with van der Waals surface area (Å²) in [6.45, 7) is -0.265. The third-order valence-electron chi connectivity index (χ3n) is 4.04. The topological polar surface area (TPSA) is 63.7 Å². The minimum atomic E-state index is -1.24. The number of amides is 2. The van der Waals surface area contributed by atoms with Crippen LogP contribution in [0.15, 0.2) is 46.9 Å². The van der Waals surface area contributed by atoms with Crippen LogP contribution in [0.25, 0.3) is 0 Å².